The van der Waals surface area contributed by atoms with Gasteiger partial charge in [0.1, 0.15) is 17.3 Å². The van der Waals surface area contributed by atoms with E-state index in [-0.39, 0.29) is 23.1 Å². The number of hydrogen-bond donors (Lipinski definition) is 2. The van der Waals surface area contributed by atoms with E-state index in [0.29, 0.717) is 6.42 Å². The molecule has 0 saturated carbocycles. The fraction of sp³-hybridized carbons (Fsp3) is 0.200. The van der Waals surface area contributed by atoms with Gasteiger partial charge < -0.3 is 15.0 Å². The SMILES string of the molecule is CC(=O)/C=C/c1ccc(O)cc1.CC(=O)CCc1ccc(O)cc1. The van der Waals surface area contributed by atoms with Crippen molar-refractivity contribution >= 4 is 17.6 Å². The number of benzene rings is 2. The first-order chi connectivity index (χ1) is 11.4. The van der Waals surface area contributed by atoms with Gasteiger partial charge >= 0.3 is 0 Å². The van der Waals surface area contributed by atoms with Gasteiger partial charge in [0.25, 0.3) is 0 Å². The largest absolute Gasteiger partial charge is 0.508 e. The summed E-state index contributed by atoms with van der Waals surface area (Å²) < 4.78 is 0. The minimum atomic E-state index is 0.0167. The molecule has 0 radical (unpaired) electrons. The number of aryl methyl sites for hydroxylation is 1. The van der Waals surface area contributed by atoms with Crippen molar-refractivity contribution in [1.82, 2.24) is 0 Å². The summed E-state index contributed by atoms with van der Waals surface area (Å²) in [6, 6.07) is 13.6. The Morgan fingerprint density at radius 3 is 1.83 bits per heavy atom. The van der Waals surface area contributed by atoms with E-state index >= 15 is 0 Å². The van der Waals surface area contributed by atoms with Crippen molar-refractivity contribution in [1.29, 1.82) is 0 Å². The van der Waals surface area contributed by atoms with Gasteiger partial charge in [0, 0.05) is 6.42 Å². The van der Waals surface area contributed by atoms with Crippen LogP contribution in [0.1, 0.15) is 31.4 Å². The molecule has 2 rings (SSSR count). The number of aromatic hydroxyl groups is 2. The quantitative estimate of drug-likeness (QED) is 0.817. The molecule has 24 heavy (non-hydrogen) atoms. The molecule has 4 nitrogen and oxygen atoms in total. The molecule has 0 fully saturated rings. The van der Waals surface area contributed by atoms with Crippen molar-refractivity contribution in [2.24, 2.45) is 0 Å². The molecule has 2 aromatic rings. The van der Waals surface area contributed by atoms with Crippen LogP contribution < -0.4 is 0 Å². The molecule has 0 spiro atoms. The Hall–Kier alpha value is -2.88. The summed E-state index contributed by atoms with van der Waals surface area (Å²) in [7, 11) is 0. The number of phenolic OH excluding ortho intramolecular Hbond substituents is 2. The lowest BCUT2D eigenvalue weighted by Gasteiger charge is -1.98. The Kier molecular flexibility index (Phi) is 7.99. The third-order valence-corrected chi connectivity index (χ3v) is 3.11. The van der Waals surface area contributed by atoms with Crippen molar-refractivity contribution in [3.05, 3.63) is 65.7 Å². The van der Waals surface area contributed by atoms with Gasteiger partial charge in [-0.05, 0) is 61.7 Å². The van der Waals surface area contributed by atoms with E-state index in [1.807, 2.05) is 12.1 Å². The highest BCUT2D eigenvalue weighted by molar-refractivity contribution is 5.91. The minimum absolute atomic E-state index is 0.0167. The lowest BCUT2D eigenvalue weighted by Crippen LogP contribution is -1.93. The molecule has 126 valence electrons. The highest BCUT2D eigenvalue weighted by Crippen LogP contribution is 2.11. The van der Waals surface area contributed by atoms with Crippen molar-refractivity contribution < 1.29 is 19.8 Å². The van der Waals surface area contributed by atoms with Gasteiger partial charge in [-0.3, -0.25) is 4.79 Å². The van der Waals surface area contributed by atoms with E-state index in [0.717, 1.165) is 17.5 Å². The zero-order chi connectivity index (χ0) is 17.9. The number of Topliss-reactive ketones (excluding diaryl/α,β-unsaturated/α-hetero) is 1. The molecule has 2 N–H and O–H groups in total. The zero-order valence-electron chi connectivity index (χ0n) is 13.9. The number of carbonyl (C=O) groups excluding carboxylic acids is 2. The summed E-state index contributed by atoms with van der Waals surface area (Å²) in [5.74, 6) is 0.711. The molecule has 0 aliphatic carbocycles. The third kappa shape index (κ3) is 8.54. The second kappa shape index (κ2) is 10.0. The van der Waals surface area contributed by atoms with E-state index in [9.17, 15) is 9.59 Å². The van der Waals surface area contributed by atoms with Gasteiger partial charge in [0.2, 0.25) is 0 Å². The molecular weight excluding hydrogens is 304 g/mol. The van der Waals surface area contributed by atoms with Crippen molar-refractivity contribution in [3.8, 4) is 11.5 Å². The highest BCUT2D eigenvalue weighted by Gasteiger charge is 1.96. The maximum absolute atomic E-state index is 10.6. The van der Waals surface area contributed by atoms with Gasteiger partial charge in [-0.15, -0.1) is 0 Å². The predicted molar refractivity (Wildman–Crippen MR) is 94.9 cm³/mol. The summed E-state index contributed by atoms with van der Waals surface area (Å²) in [5, 5.41) is 17.9. The van der Waals surface area contributed by atoms with Gasteiger partial charge in [-0.2, -0.15) is 0 Å². The van der Waals surface area contributed by atoms with E-state index in [1.165, 1.54) is 13.0 Å². The maximum atomic E-state index is 10.6. The van der Waals surface area contributed by atoms with Gasteiger partial charge in [0.15, 0.2) is 5.78 Å². The predicted octanol–water partition coefficient (Wildman–Crippen LogP) is 3.91. The van der Waals surface area contributed by atoms with Crippen LogP contribution in [-0.4, -0.2) is 21.8 Å². The van der Waals surface area contributed by atoms with Crippen molar-refractivity contribution in [3.63, 3.8) is 0 Å². The van der Waals surface area contributed by atoms with E-state index in [1.54, 1.807) is 49.4 Å². The fourth-order valence-electron chi connectivity index (χ4n) is 1.78. The first-order valence-corrected chi connectivity index (χ1v) is 7.62. The molecule has 0 amide bonds. The van der Waals surface area contributed by atoms with Crippen molar-refractivity contribution in [2.45, 2.75) is 26.7 Å². The number of ketones is 2. The van der Waals surface area contributed by atoms with Crippen LogP contribution in [0, 0.1) is 0 Å². The van der Waals surface area contributed by atoms with Gasteiger partial charge in [-0.1, -0.05) is 30.3 Å². The topological polar surface area (TPSA) is 74.6 Å². The molecule has 0 heterocycles. The standard InChI is InChI=1S/C10H12O2.C10H10O2/c2*1-8(11)2-3-9-4-6-10(12)7-5-9/h4-7,12H,2-3H2,1H3;2-7,12H,1H3/b;3-2+. The van der Waals surface area contributed by atoms with Crippen LogP contribution in [0.2, 0.25) is 0 Å². The first-order valence-electron chi connectivity index (χ1n) is 7.62. The van der Waals surface area contributed by atoms with Crippen LogP contribution in [0.25, 0.3) is 6.08 Å². The Balaban J connectivity index is 0.000000240. The Morgan fingerprint density at radius 2 is 1.38 bits per heavy atom. The summed E-state index contributed by atoms with van der Waals surface area (Å²) in [4.78, 5) is 21.2. The molecule has 2 aromatic carbocycles. The van der Waals surface area contributed by atoms with Crippen LogP contribution >= 0.6 is 0 Å². The van der Waals surface area contributed by atoms with Crippen LogP contribution in [0.15, 0.2) is 54.6 Å². The normalized spacial score (nSPS) is 10.1. The first kappa shape index (κ1) is 19.2. The highest BCUT2D eigenvalue weighted by atomic mass is 16.3. The maximum Gasteiger partial charge on any atom is 0.152 e. The monoisotopic (exact) mass is 326 g/mol. The van der Waals surface area contributed by atoms with Gasteiger partial charge in [-0.25, -0.2) is 0 Å². The number of hydrogen-bond acceptors (Lipinski definition) is 4. The molecular formula is C20H22O4. The number of carbonyl (C=O) groups is 2. The molecule has 0 unspecified atom stereocenters. The third-order valence-electron chi connectivity index (χ3n) is 3.11. The lowest BCUT2D eigenvalue weighted by atomic mass is 10.1. The smallest absolute Gasteiger partial charge is 0.152 e. The van der Waals surface area contributed by atoms with E-state index in [4.69, 9.17) is 10.2 Å². The van der Waals surface area contributed by atoms with Crippen LogP contribution in [0.3, 0.4) is 0 Å². The van der Waals surface area contributed by atoms with Crippen LogP contribution in [-0.2, 0) is 16.0 Å². The molecule has 0 aliphatic rings. The summed E-state index contributed by atoms with van der Waals surface area (Å²) in [6.45, 7) is 3.08. The summed E-state index contributed by atoms with van der Waals surface area (Å²) in [6.07, 6.45) is 4.54. The minimum Gasteiger partial charge on any atom is -0.508 e. The summed E-state index contributed by atoms with van der Waals surface area (Å²) >= 11 is 0. The zero-order valence-corrected chi connectivity index (χ0v) is 13.9. The molecule has 0 aliphatic heterocycles. The van der Waals surface area contributed by atoms with E-state index in [2.05, 4.69) is 0 Å². The Bertz CT molecular complexity index is 683. The van der Waals surface area contributed by atoms with Gasteiger partial charge in [0.05, 0.1) is 0 Å². The average Bonchev–Trinajstić information content (AvgIpc) is 2.54. The van der Waals surface area contributed by atoms with Crippen molar-refractivity contribution in [2.75, 3.05) is 0 Å². The second-order valence-corrected chi connectivity index (χ2v) is 5.40. The lowest BCUT2D eigenvalue weighted by molar-refractivity contribution is -0.117. The van der Waals surface area contributed by atoms with E-state index < -0.39 is 0 Å². The number of rotatable bonds is 5. The average molecular weight is 326 g/mol. The molecule has 4 heteroatoms. The molecule has 0 aromatic heterocycles. The number of allylic oxidation sites excluding steroid dienone is 1. The molecule has 0 saturated heterocycles. The van der Waals surface area contributed by atoms with Crippen LogP contribution in [0.4, 0.5) is 0 Å². The Morgan fingerprint density at radius 1 is 0.875 bits per heavy atom. The Labute approximate surface area is 142 Å². The molecule has 0 bridgehead atoms. The number of phenols is 2. The molecule has 0 atom stereocenters. The summed E-state index contributed by atoms with van der Waals surface area (Å²) in [5.41, 5.74) is 1.99. The van der Waals surface area contributed by atoms with Crippen LogP contribution in [0.5, 0.6) is 11.5 Å². The second-order valence-electron chi connectivity index (χ2n) is 5.40. The fourth-order valence-corrected chi connectivity index (χ4v) is 1.78.